The summed E-state index contributed by atoms with van der Waals surface area (Å²) >= 11 is 0. The molecule has 3 aliphatic carbocycles. The summed E-state index contributed by atoms with van der Waals surface area (Å²) in [6.45, 7) is 0.723. The van der Waals surface area contributed by atoms with Crippen LogP contribution >= 0.6 is 0 Å². The largest absolute Gasteiger partial charge is 0.227 e. The maximum atomic E-state index is 2.58. The van der Waals surface area contributed by atoms with Gasteiger partial charge in [0.25, 0.3) is 0 Å². The van der Waals surface area contributed by atoms with E-state index in [4.69, 9.17) is 0 Å². The Morgan fingerprint density at radius 3 is 1.16 bits per heavy atom. The summed E-state index contributed by atoms with van der Waals surface area (Å²) in [6, 6.07) is 0. The van der Waals surface area contributed by atoms with Gasteiger partial charge in [-0.05, 0) is 57.8 Å². The molecule has 0 spiro atoms. The third-order valence-electron chi connectivity index (χ3n) is 5.09. The summed E-state index contributed by atoms with van der Waals surface area (Å²) in [7, 11) is 0. The van der Waals surface area contributed by atoms with Crippen LogP contribution in [0.3, 0.4) is 0 Å². The average molecular weight is 254 g/mol. The molecule has 3 aliphatic rings. The summed E-state index contributed by atoms with van der Waals surface area (Å²) in [6.07, 6.45) is 24.3. The van der Waals surface area contributed by atoms with E-state index in [0.717, 1.165) is 6.71 Å². The van der Waals surface area contributed by atoms with Gasteiger partial charge < -0.3 is 0 Å². The topological polar surface area (TPSA) is 0 Å². The molecule has 3 rings (SSSR count). The molecule has 0 radical (unpaired) electrons. The van der Waals surface area contributed by atoms with Crippen molar-refractivity contribution in [1.29, 1.82) is 0 Å². The Labute approximate surface area is 119 Å². The van der Waals surface area contributed by atoms with Gasteiger partial charge in [-0.1, -0.05) is 53.9 Å². The van der Waals surface area contributed by atoms with Gasteiger partial charge in [-0.25, -0.2) is 0 Å². The normalized spacial score (nSPS) is 24.3. The maximum absolute atomic E-state index is 2.58. The lowest BCUT2D eigenvalue weighted by Gasteiger charge is -2.29. The lowest BCUT2D eigenvalue weighted by molar-refractivity contribution is 0.699. The molecule has 0 aromatic rings. The Hall–Kier alpha value is -0.715. The van der Waals surface area contributed by atoms with E-state index >= 15 is 0 Å². The zero-order valence-electron chi connectivity index (χ0n) is 12.3. The third kappa shape index (κ3) is 3.24. The van der Waals surface area contributed by atoms with E-state index in [1.807, 2.05) is 0 Å². The van der Waals surface area contributed by atoms with Gasteiger partial charge in [0.2, 0.25) is 6.71 Å². The molecule has 0 amide bonds. The van der Waals surface area contributed by atoms with Crippen molar-refractivity contribution in [3.8, 4) is 0 Å². The Morgan fingerprint density at radius 1 is 0.526 bits per heavy atom. The van der Waals surface area contributed by atoms with Crippen molar-refractivity contribution in [3.05, 3.63) is 34.6 Å². The quantitative estimate of drug-likeness (QED) is 0.575. The highest BCUT2D eigenvalue weighted by molar-refractivity contribution is 6.80. The Morgan fingerprint density at radius 2 is 0.895 bits per heavy atom. The highest BCUT2D eigenvalue weighted by Gasteiger charge is 2.29. The molecular formula is C18H27B. The number of hydrogen-bond acceptors (Lipinski definition) is 0. The van der Waals surface area contributed by atoms with Gasteiger partial charge in [-0.2, -0.15) is 0 Å². The van der Waals surface area contributed by atoms with E-state index in [1.165, 1.54) is 77.0 Å². The summed E-state index contributed by atoms with van der Waals surface area (Å²) < 4.78 is 0. The first-order valence-electron chi connectivity index (χ1n) is 8.52. The Bertz CT molecular complexity index is 338. The van der Waals surface area contributed by atoms with Crippen molar-refractivity contribution in [2.45, 2.75) is 77.0 Å². The van der Waals surface area contributed by atoms with Crippen molar-refractivity contribution in [3.63, 3.8) is 0 Å². The number of allylic oxidation sites excluding steroid dienone is 6. The van der Waals surface area contributed by atoms with E-state index in [2.05, 4.69) is 18.2 Å². The van der Waals surface area contributed by atoms with Crippen LogP contribution in [0, 0.1) is 0 Å². The fourth-order valence-corrected chi connectivity index (χ4v) is 4.09. The summed E-state index contributed by atoms with van der Waals surface area (Å²) in [4.78, 5) is 0. The van der Waals surface area contributed by atoms with Crippen LogP contribution in [0.2, 0.25) is 0 Å². The number of hydrogen-bond donors (Lipinski definition) is 0. The smallest absolute Gasteiger partial charge is 0.0953 e. The molecule has 0 N–H and O–H groups in total. The lowest BCUT2D eigenvalue weighted by Crippen LogP contribution is -2.27. The molecule has 0 nitrogen and oxygen atoms in total. The van der Waals surface area contributed by atoms with E-state index in [9.17, 15) is 0 Å². The van der Waals surface area contributed by atoms with Crippen LogP contribution < -0.4 is 0 Å². The van der Waals surface area contributed by atoms with Crippen LogP contribution in [0.4, 0.5) is 0 Å². The Kier molecular flexibility index (Phi) is 4.64. The van der Waals surface area contributed by atoms with Crippen molar-refractivity contribution in [2.24, 2.45) is 0 Å². The highest BCUT2D eigenvalue weighted by Crippen LogP contribution is 2.34. The zero-order chi connectivity index (χ0) is 12.9. The van der Waals surface area contributed by atoms with Gasteiger partial charge in [0.15, 0.2) is 0 Å². The molecule has 102 valence electrons. The second-order valence-electron chi connectivity index (χ2n) is 6.51. The molecule has 0 bridgehead atoms. The molecule has 0 saturated carbocycles. The summed E-state index contributed by atoms with van der Waals surface area (Å²) in [5.74, 6) is 0. The zero-order valence-corrected chi connectivity index (χ0v) is 12.3. The van der Waals surface area contributed by atoms with Crippen LogP contribution in [0.25, 0.3) is 0 Å². The maximum Gasteiger partial charge on any atom is 0.227 e. The summed E-state index contributed by atoms with van der Waals surface area (Å²) in [5.41, 5.74) is 5.31. The van der Waals surface area contributed by atoms with Gasteiger partial charge in [-0.15, -0.1) is 0 Å². The minimum Gasteiger partial charge on any atom is -0.0953 e. The molecule has 0 unspecified atom stereocenters. The minimum atomic E-state index is 0.723. The minimum absolute atomic E-state index is 0.723. The fourth-order valence-electron chi connectivity index (χ4n) is 4.09. The van der Waals surface area contributed by atoms with E-state index < -0.39 is 0 Å². The first-order valence-corrected chi connectivity index (χ1v) is 8.52. The predicted molar refractivity (Wildman–Crippen MR) is 85.4 cm³/mol. The lowest BCUT2D eigenvalue weighted by atomic mass is 9.32. The Balaban J connectivity index is 1.87. The van der Waals surface area contributed by atoms with Crippen molar-refractivity contribution < 1.29 is 0 Å². The van der Waals surface area contributed by atoms with Crippen LogP contribution in [-0.4, -0.2) is 6.71 Å². The third-order valence-corrected chi connectivity index (χ3v) is 5.09. The standard InChI is InChI=1S/C18H27B/c1-4-10-16(11-5-1)19(17-12-6-2-7-13-17)18-14-8-3-9-15-18/h10,12,14H,1-9,11,13,15H2. The molecular weight excluding hydrogens is 227 g/mol. The average Bonchev–Trinajstić information content (AvgIpc) is 2.51. The van der Waals surface area contributed by atoms with Gasteiger partial charge in [0.05, 0.1) is 0 Å². The van der Waals surface area contributed by atoms with Gasteiger partial charge in [-0.3, -0.25) is 0 Å². The second-order valence-corrected chi connectivity index (χ2v) is 6.51. The van der Waals surface area contributed by atoms with Gasteiger partial charge in [0.1, 0.15) is 0 Å². The van der Waals surface area contributed by atoms with E-state index in [1.54, 1.807) is 16.4 Å². The first-order chi connectivity index (χ1) is 9.45. The van der Waals surface area contributed by atoms with Crippen LogP contribution in [0.1, 0.15) is 77.0 Å². The molecule has 1 heteroatoms. The molecule has 0 atom stereocenters. The van der Waals surface area contributed by atoms with Crippen LogP contribution in [-0.2, 0) is 0 Å². The fraction of sp³-hybridized carbons (Fsp3) is 0.667. The van der Waals surface area contributed by atoms with Gasteiger partial charge in [0, 0.05) is 0 Å². The molecule has 19 heavy (non-hydrogen) atoms. The molecule has 0 heterocycles. The van der Waals surface area contributed by atoms with Crippen LogP contribution in [0.15, 0.2) is 34.6 Å². The molecule has 0 saturated heterocycles. The van der Waals surface area contributed by atoms with Crippen molar-refractivity contribution >= 4 is 6.71 Å². The number of rotatable bonds is 3. The molecule has 0 aliphatic heterocycles. The van der Waals surface area contributed by atoms with Crippen molar-refractivity contribution in [1.82, 2.24) is 0 Å². The van der Waals surface area contributed by atoms with E-state index in [-0.39, 0.29) is 0 Å². The summed E-state index contributed by atoms with van der Waals surface area (Å²) in [5, 5.41) is 0. The van der Waals surface area contributed by atoms with Crippen molar-refractivity contribution in [2.75, 3.05) is 0 Å². The van der Waals surface area contributed by atoms with Crippen LogP contribution in [0.5, 0.6) is 0 Å². The monoisotopic (exact) mass is 254 g/mol. The molecule has 0 aromatic carbocycles. The first kappa shape index (κ1) is 13.3. The molecule has 0 aromatic heterocycles. The SMILES string of the molecule is C1=C(B(C2=CCCCC2)C2=CCCCC2)CCCC1. The van der Waals surface area contributed by atoms with E-state index in [0.29, 0.717) is 0 Å². The highest BCUT2D eigenvalue weighted by atomic mass is 14.1. The second kappa shape index (κ2) is 6.63. The predicted octanol–water partition coefficient (Wildman–Crippen LogP) is 5.60. The molecule has 0 fully saturated rings. The van der Waals surface area contributed by atoms with Gasteiger partial charge >= 0.3 is 0 Å².